The zero-order chi connectivity index (χ0) is 27.9. The second-order valence-electron chi connectivity index (χ2n) is 10.0. The van der Waals surface area contributed by atoms with Gasteiger partial charge in [0, 0.05) is 0 Å². The number of rotatable bonds is 8. The van der Waals surface area contributed by atoms with Gasteiger partial charge in [0.25, 0.3) is 0 Å². The summed E-state index contributed by atoms with van der Waals surface area (Å²) in [6.07, 6.45) is 7.81. The number of hydrogen-bond acceptors (Lipinski definition) is 8. The maximum Gasteiger partial charge on any atom is 0.343 e. The van der Waals surface area contributed by atoms with Crippen LogP contribution in [0.5, 0.6) is 11.5 Å². The Morgan fingerprint density at radius 3 is 1.02 bits per heavy atom. The molecule has 2 aliphatic carbocycles. The number of carbonyl (C=O) groups is 4. The number of carbonyl (C=O) groups excluding carboxylic acids is 4. The second kappa shape index (κ2) is 12.6. The standard InChI is InChI=1S/C32H30O8/c33-29(39-27-17-13-23(14-18-27)31(35)37-25-5-1-2-6-25)21-9-11-22(12-10-21)30(34)40-28-19-15-24(16-20-28)32(36)38-26-7-3-4-8-26/h9-20,25-26H,1-8H2. The molecule has 0 bridgehead atoms. The van der Waals surface area contributed by atoms with Crippen LogP contribution in [-0.4, -0.2) is 36.1 Å². The van der Waals surface area contributed by atoms with E-state index < -0.39 is 11.9 Å². The summed E-state index contributed by atoms with van der Waals surface area (Å²) in [4.78, 5) is 49.7. The van der Waals surface area contributed by atoms with Crippen molar-refractivity contribution < 1.29 is 38.1 Å². The van der Waals surface area contributed by atoms with E-state index in [0.29, 0.717) is 11.1 Å². The smallest absolute Gasteiger partial charge is 0.343 e. The van der Waals surface area contributed by atoms with Crippen LogP contribution in [0.2, 0.25) is 0 Å². The molecule has 8 nitrogen and oxygen atoms in total. The fourth-order valence-electron chi connectivity index (χ4n) is 4.84. The normalized spacial score (nSPS) is 15.4. The van der Waals surface area contributed by atoms with E-state index >= 15 is 0 Å². The number of ether oxygens (including phenoxy) is 4. The van der Waals surface area contributed by atoms with Gasteiger partial charge in [-0.1, -0.05) is 0 Å². The van der Waals surface area contributed by atoms with Crippen molar-refractivity contribution in [1.29, 1.82) is 0 Å². The van der Waals surface area contributed by atoms with E-state index in [9.17, 15) is 19.2 Å². The molecule has 40 heavy (non-hydrogen) atoms. The molecule has 0 saturated heterocycles. The number of esters is 4. The maximum atomic E-state index is 12.6. The molecular weight excluding hydrogens is 512 g/mol. The lowest BCUT2D eigenvalue weighted by molar-refractivity contribution is 0.0308. The van der Waals surface area contributed by atoms with E-state index in [-0.39, 0.29) is 46.8 Å². The van der Waals surface area contributed by atoms with Gasteiger partial charge in [-0.15, -0.1) is 0 Å². The summed E-state index contributed by atoms with van der Waals surface area (Å²) >= 11 is 0. The molecule has 0 radical (unpaired) electrons. The third kappa shape index (κ3) is 6.94. The first-order valence-corrected chi connectivity index (χ1v) is 13.6. The summed E-state index contributed by atoms with van der Waals surface area (Å²) < 4.78 is 21.8. The highest BCUT2D eigenvalue weighted by molar-refractivity contribution is 5.95. The molecular formula is C32H30O8. The Morgan fingerprint density at radius 1 is 0.425 bits per heavy atom. The quantitative estimate of drug-likeness (QED) is 0.240. The first kappa shape index (κ1) is 27.1. The summed E-state index contributed by atoms with van der Waals surface area (Å²) in [6, 6.07) is 18.3. The van der Waals surface area contributed by atoms with Crippen LogP contribution in [0.25, 0.3) is 0 Å². The molecule has 0 heterocycles. The molecule has 3 aromatic rings. The lowest BCUT2D eigenvalue weighted by atomic mass is 10.1. The van der Waals surface area contributed by atoms with Crippen molar-refractivity contribution in [1.82, 2.24) is 0 Å². The van der Waals surface area contributed by atoms with Crippen LogP contribution in [0.15, 0.2) is 72.8 Å². The van der Waals surface area contributed by atoms with Gasteiger partial charge in [0.2, 0.25) is 0 Å². The van der Waals surface area contributed by atoms with Crippen molar-refractivity contribution in [2.45, 2.75) is 63.6 Å². The second-order valence-corrected chi connectivity index (χ2v) is 10.0. The fourth-order valence-corrected chi connectivity index (χ4v) is 4.84. The highest BCUT2D eigenvalue weighted by atomic mass is 16.6. The molecule has 0 aliphatic heterocycles. The van der Waals surface area contributed by atoms with Gasteiger partial charge in [-0.05, 0) is 124 Å². The van der Waals surface area contributed by atoms with Crippen LogP contribution >= 0.6 is 0 Å². The zero-order valence-corrected chi connectivity index (χ0v) is 22.0. The number of hydrogen-bond donors (Lipinski definition) is 0. The first-order valence-electron chi connectivity index (χ1n) is 13.6. The van der Waals surface area contributed by atoms with Gasteiger partial charge in [0.05, 0.1) is 22.3 Å². The third-order valence-electron chi connectivity index (χ3n) is 7.11. The highest BCUT2D eigenvalue weighted by Gasteiger charge is 2.21. The van der Waals surface area contributed by atoms with Crippen molar-refractivity contribution in [3.63, 3.8) is 0 Å². The van der Waals surface area contributed by atoms with Crippen molar-refractivity contribution in [2.24, 2.45) is 0 Å². The van der Waals surface area contributed by atoms with Crippen LogP contribution in [0.3, 0.4) is 0 Å². The van der Waals surface area contributed by atoms with Crippen LogP contribution in [-0.2, 0) is 9.47 Å². The van der Waals surface area contributed by atoms with Crippen LogP contribution < -0.4 is 9.47 Å². The predicted molar refractivity (Wildman–Crippen MR) is 145 cm³/mol. The summed E-state index contributed by atoms with van der Waals surface area (Å²) in [6.45, 7) is 0. The Kier molecular flexibility index (Phi) is 8.54. The van der Waals surface area contributed by atoms with E-state index in [0.717, 1.165) is 51.4 Å². The molecule has 0 N–H and O–H groups in total. The van der Waals surface area contributed by atoms with Crippen molar-refractivity contribution in [3.8, 4) is 11.5 Å². The Morgan fingerprint density at radius 2 is 0.700 bits per heavy atom. The number of benzene rings is 3. The summed E-state index contributed by atoms with van der Waals surface area (Å²) in [5.41, 5.74) is 1.28. The minimum Gasteiger partial charge on any atom is -0.459 e. The highest BCUT2D eigenvalue weighted by Crippen LogP contribution is 2.24. The summed E-state index contributed by atoms with van der Waals surface area (Å²) in [5.74, 6) is -1.43. The topological polar surface area (TPSA) is 105 Å². The molecule has 2 aliphatic rings. The molecule has 0 aromatic heterocycles. The van der Waals surface area contributed by atoms with Crippen LogP contribution in [0.1, 0.15) is 92.8 Å². The molecule has 0 atom stereocenters. The Labute approximate surface area is 232 Å². The largest absolute Gasteiger partial charge is 0.459 e. The van der Waals surface area contributed by atoms with Crippen molar-refractivity contribution >= 4 is 23.9 Å². The monoisotopic (exact) mass is 542 g/mol. The van der Waals surface area contributed by atoms with Gasteiger partial charge in [0.15, 0.2) is 0 Å². The average molecular weight is 543 g/mol. The molecule has 8 heteroatoms. The molecule has 2 saturated carbocycles. The van der Waals surface area contributed by atoms with Gasteiger partial charge < -0.3 is 18.9 Å². The minimum atomic E-state index is -0.610. The molecule has 206 valence electrons. The Hall–Kier alpha value is -4.46. The van der Waals surface area contributed by atoms with Gasteiger partial charge in [-0.3, -0.25) is 0 Å². The molecule has 0 spiro atoms. The molecule has 2 fully saturated rings. The molecule has 0 unspecified atom stereocenters. The van der Waals surface area contributed by atoms with Gasteiger partial charge in [-0.2, -0.15) is 0 Å². The Bertz CT molecular complexity index is 1240. The van der Waals surface area contributed by atoms with E-state index in [1.54, 1.807) is 24.3 Å². The third-order valence-corrected chi connectivity index (χ3v) is 7.11. The van der Waals surface area contributed by atoms with E-state index in [1.807, 2.05) is 0 Å². The van der Waals surface area contributed by atoms with Crippen molar-refractivity contribution in [2.75, 3.05) is 0 Å². The first-order chi connectivity index (χ1) is 19.4. The molecule has 3 aromatic carbocycles. The zero-order valence-electron chi connectivity index (χ0n) is 22.0. The fraction of sp³-hybridized carbons (Fsp3) is 0.312. The molecule has 0 amide bonds. The maximum absolute atomic E-state index is 12.6. The molecule has 5 rings (SSSR count). The summed E-state index contributed by atoms with van der Waals surface area (Å²) in [5, 5.41) is 0. The average Bonchev–Trinajstić information content (AvgIpc) is 3.68. The predicted octanol–water partition coefficient (Wildman–Crippen LogP) is 6.32. The van der Waals surface area contributed by atoms with Gasteiger partial charge in [-0.25, -0.2) is 19.2 Å². The van der Waals surface area contributed by atoms with Crippen molar-refractivity contribution in [3.05, 3.63) is 95.1 Å². The van der Waals surface area contributed by atoms with E-state index in [2.05, 4.69) is 0 Å². The van der Waals surface area contributed by atoms with Crippen LogP contribution in [0, 0.1) is 0 Å². The van der Waals surface area contributed by atoms with Crippen LogP contribution in [0.4, 0.5) is 0 Å². The minimum absolute atomic E-state index is 0.0254. The summed E-state index contributed by atoms with van der Waals surface area (Å²) in [7, 11) is 0. The van der Waals surface area contributed by atoms with Gasteiger partial charge >= 0.3 is 23.9 Å². The van der Waals surface area contributed by atoms with E-state index in [4.69, 9.17) is 18.9 Å². The Balaban J connectivity index is 1.11. The lowest BCUT2D eigenvalue weighted by Crippen LogP contribution is -2.15. The van der Waals surface area contributed by atoms with Gasteiger partial charge in [0.1, 0.15) is 23.7 Å². The SMILES string of the molecule is O=C(Oc1ccc(C(=O)OC2CCCC2)cc1)c1ccc(C(=O)Oc2ccc(C(=O)OC3CCCC3)cc2)cc1. The lowest BCUT2D eigenvalue weighted by Gasteiger charge is -2.11. The van der Waals surface area contributed by atoms with E-state index in [1.165, 1.54) is 48.5 Å².